The molecule has 2 aromatic carbocycles. The fraction of sp³-hybridized carbons (Fsp3) is 0.167. The predicted molar refractivity (Wildman–Crippen MR) is 136 cm³/mol. The lowest BCUT2D eigenvalue weighted by atomic mass is 10.1. The molecule has 0 aliphatic heterocycles. The first-order valence-corrected chi connectivity index (χ1v) is 11.5. The van der Waals surface area contributed by atoms with Gasteiger partial charge in [-0.05, 0) is 24.6 Å². The van der Waals surface area contributed by atoms with E-state index in [2.05, 4.69) is 25.4 Å². The second-order valence-electron chi connectivity index (χ2n) is 7.82. The minimum atomic E-state index is -0.520. The standard InChI is InChI=1S/C24H20ClN7O5/c1-14-7-18(21(35-2)11-20(14)37-15-3-5-31-23(8-15)27-13-29-31)30-24-16-9-19(32(33)34)22(36-6-4-25)10-17(16)26-12-28-24/h3,5,7-13H,4,6H2,1-2H3,(H,26,28,30). The van der Waals surface area contributed by atoms with Crippen LogP contribution >= 0.6 is 11.6 Å². The lowest BCUT2D eigenvalue weighted by Gasteiger charge is -2.16. The van der Waals surface area contributed by atoms with Crippen LogP contribution in [0.4, 0.5) is 17.2 Å². The molecule has 0 saturated carbocycles. The molecule has 0 saturated heterocycles. The van der Waals surface area contributed by atoms with E-state index >= 15 is 0 Å². The lowest BCUT2D eigenvalue weighted by Crippen LogP contribution is -2.03. The number of nitro benzene ring substituents is 1. The maximum atomic E-state index is 11.7. The Morgan fingerprint density at radius 3 is 2.73 bits per heavy atom. The molecule has 1 N–H and O–H groups in total. The van der Waals surface area contributed by atoms with Gasteiger partial charge in [0.2, 0.25) is 0 Å². The number of anilines is 2. The molecule has 5 aromatic rings. The van der Waals surface area contributed by atoms with Crippen molar-refractivity contribution in [3.63, 3.8) is 0 Å². The van der Waals surface area contributed by atoms with E-state index in [0.29, 0.717) is 45.3 Å². The minimum Gasteiger partial charge on any atom is -0.494 e. The van der Waals surface area contributed by atoms with Crippen molar-refractivity contribution in [1.29, 1.82) is 0 Å². The van der Waals surface area contributed by atoms with E-state index in [9.17, 15) is 10.1 Å². The van der Waals surface area contributed by atoms with E-state index in [1.54, 1.807) is 28.9 Å². The highest BCUT2D eigenvalue weighted by molar-refractivity contribution is 6.18. The highest BCUT2D eigenvalue weighted by Gasteiger charge is 2.20. The summed E-state index contributed by atoms with van der Waals surface area (Å²) < 4.78 is 18.8. The molecule has 0 atom stereocenters. The molecule has 0 amide bonds. The second kappa shape index (κ2) is 10.1. The number of nitro groups is 1. The van der Waals surface area contributed by atoms with Crippen molar-refractivity contribution in [3.05, 3.63) is 70.9 Å². The number of aromatic nitrogens is 5. The molecular formula is C24H20ClN7O5. The highest BCUT2D eigenvalue weighted by atomic mass is 35.5. The molecule has 3 aromatic heterocycles. The summed E-state index contributed by atoms with van der Waals surface area (Å²) in [7, 11) is 1.53. The van der Waals surface area contributed by atoms with Crippen LogP contribution in [0.25, 0.3) is 16.6 Å². The third kappa shape index (κ3) is 4.86. The molecule has 37 heavy (non-hydrogen) atoms. The van der Waals surface area contributed by atoms with Gasteiger partial charge in [-0.2, -0.15) is 5.10 Å². The number of alkyl halides is 1. The van der Waals surface area contributed by atoms with Crippen molar-refractivity contribution in [3.8, 4) is 23.0 Å². The molecule has 0 radical (unpaired) electrons. The average molecular weight is 522 g/mol. The van der Waals surface area contributed by atoms with Crippen molar-refractivity contribution in [2.45, 2.75) is 6.92 Å². The maximum absolute atomic E-state index is 11.7. The molecular weight excluding hydrogens is 502 g/mol. The average Bonchev–Trinajstić information content (AvgIpc) is 3.36. The zero-order chi connectivity index (χ0) is 25.9. The van der Waals surface area contributed by atoms with Gasteiger partial charge in [-0.25, -0.2) is 19.5 Å². The molecule has 0 aliphatic rings. The van der Waals surface area contributed by atoms with Gasteiger partial charge in [0.1, 0.15) is 42.3 Å². The first-order valence-electron chi connectivity index (χ1n) is 11.0. The number of ether oxygens (including phenoxy) is 3. The van der Waals surface area contributed by atoms with Crippen molar-refractivity contribution in [1.82, 2.24) is 24.6 Å². The fourth-order valence-electron chi connectivity index (χ4n) is 3.74. The lowest BCUT2D eigenvalue weighted by molar-refractivity contribution is -0.385. The number of fused-ring (bicyclic) bond motifs is 2. The molecule has 0 unspecified atom stereocenters. The fourth-order valence-corrected chi connectivity index (χ4v) is 3.82. The van der Waals surface area contributed by atoms with Crippen LogP contribution < -0.4 is 19.5 Å². The number of benzene rings is 2. The molecule has 0 bridgehead atoms. The second-order valence-corrected chi connectivity index (χ2v) is 8.20. The van der Waals surface area contributed by atoms with Crippen LogP contribution in [-0.2, 0) is 0 Å². The topological polar surface area (TPSA) is 139 Å². The summed E-state index contributed by atoms with van der Waals surface area (Å²) in [4.78, 5) is 23.9. The Balaban J connectivity index is 1.49. The largest absolute Gasteiger partial charge is 0.494 e. The Morgan fingerprint density at radius 2 is 1.95 bits per heavy atom. The molecule has 5 rings (SSSR count). The van der Waals surface area contributed by atoms with Crippen LogP contribution in [0.1, 0.15) is 5.56 Å². The third-order valence-corrected chi connectivity index (χ3v) is 5.63. The van der Waals surface area contributed by atoms with Gasteiger partial charge < -0.3 is 19.5 Å². The van der Waals surface area contributed by atoms with Gasteiger partial charge in [-0.1, -0.05) is 0 Å². The van der Waals surface area contributed by atoms with E-state index in [-0.39, 0.29) is 23.9 Å². The molecule has 0 aliphatic carbocycles. The quantitative estimate of drug-likeness (QED) is 0.159. The van der Waals surface area contributed by atoms with E-state index in [0.717, 1.165) is 5.56 Å². The zero-order valence-electron chi connectivity index (χ0n) is 19.7. The maximum Gasteiger partial charge on any atom is 0.311 e. The number of aryl methyl sites for hydroxylation is 1. The molecule has 12 nitrogen and oxygen atoms in total. The number of methoxy groups -OCH3 is 1. The first-order chi connectivity index (χ1) is 18.0. The number of hydrogen-bond donors (Lipinski definition) is 1. The Morgan fingerprint density at radius 1 is 1.08 bits per heavy atom. The summed E-state index contributed by atoms with van der Waals surface area (Å²) in [5.41, 5.74) is 2.30. The van der Waals surface area contributed by atoms with Gasteiger partial charge in [-0.3, -0.25) is 10.1 Å². The van der Waals surface area contributed by atoms with Gasteiger partial charge in [0.15, 0.2) is 11.4 Å². The Bertz CT molecular complexity index is 1620. The number of rotatable bonds is 9. The van der Waals surface area contributed by atoms with Crippen LogP contribution in [0.2, 0.25) is 0 Å². The summed E-state index contributed by atoms with van der Waals surface area (Å²) in [6, 6.07) is 10.0. The normalized spacial score (nSPS) is 11.0. The minimum absolute atomic E-state index is 0.0852. The van der Waals surface area contributed by atoms with Crippen LogP contribution in [0.15, 0.2) is 55.2 Å². The van der Waals surface area contributed by atoms with E-state index < -0.39 is 4.92 Å². The molecule has 188 valence electrons. The number of pyridine rings is 1. The number of hydrogen-bond acceptors (Lipinski definition) is 10. The van der Waals surface area contributed by atoms with Gasteiger partial charge >= 0.3 is 5.69 Å². The number of nitrogens with one attached hydrogen (secondary N) is 1. The summed E-state index contributed by atoms with van der Waals surface area (Å²) in [6.45, 7) is 2.01. The SMILES string of the molecule is COc1cc(Oc2ccn3ncnc3c2)c(C)cc1Nc1ncnc2cc(OCCCl)c([N+](=O)[O-])cc12. The van der Waals surface area contributed by atoms with Gasteiger partial charge in [0, 0.05) is 30.5 Å². The van der Waals surface area contributed by atoms with Crippen LogP contribution in [0.5, 0.6) is 23.0 Å². The van der Waals surface area contributed by atoms with E-state index in [1.807, 2.05) is 13.0 Å². The van der Waals surface area contributed by atoms with Gasteiger partial charge in [0.25, 0.3) is 0 Å². The summed E-state index contributed by atoms with van der Waals surface area (Å²) in [6.07, 6.45) is 4.58. The third-order valence-electron chi connectivity index (χ3n) is 5.48. The Labute approximate surface area is 214 Å². The van der Waals surface area contributed by atoms with E-state index in [1.165, 1.54) is 31.9 Å². The van der Waals surface area contributed by atoms with Gasteiger partial charge in [-0.15, -0.1) is 11.6 Å². The highest BCUT2D eigenvalue weighted by Crippen LogP contribution is 2.39. The summed E-state index contributed by atoms with van der Waals surface area (Å²) >= 11 is 5.68. The van der Waals surface area contributed by atoms with Crippen LogP contribution in [0.3, 0.4) is 0 Å². The smallest absolute Gasteiger partial charge is 0.311 e. The Kier molecular flexibility index (Phi) is 6.56. The molecule has 0 spiro atoms. The predicted octanol–water partition coefficient (Wildman–Crippen LogP) is 5.05. The van der Waals surface area contributed by atoms with Crippen molar-refractivity contribution >= 4 is 45.3 Å². The number of halogens is 1. The van der Waals surface area contributed by atoms with Crippen molar-refractivity contribution in [2.75, 3.05) is 24.9 Å². The van der Waals surface area contributed by atoms with Crippen molar-refractivity contribution < 1.29 is 19.1 Å². The van der Waals surface area contributed by atoms with Gasteiger partial charge in [0.05, 0.1) is 34.5 Å². The first kappa shape index (κ1) is 24.0. The monoisotopic (exact) mass is 521 g/mol. The van der Waals surface area contributed by atoms with E-state index in [4.69, 9.17) is 25.8 Å². The zero-order valence-corrected chi connectivity index (χ0v) is 20.5. The Hall–Kier alpha value is -4.71. The van der Waals surface area contributed by atoms with Crippen molar-refractivity contribution in [2.24, 2.45) is 0 Å². The van der Waals surface area contributed by atoms with Crippen LogP contribution in [0, 0.1) is 17.0 Å². The molecule has 3 heterocycles. The summed E-state index contributed by atoms with van der Waals surface area (Å²) in [5.74, 6) is 2.29. The number of nitrogens with zero attached hydrogens (tertiary/aromatic N) is 6. The molecule has 0 fully saturated rings. The molecule has 13 heteroatoms. The van der Waals surface area contributed by atoms with Crippen LogP contribution in [-0.4, -0.2) is 49.1 Å². The summed E-state index contributed by atoms with van der Waals surface area (Å²) in [5, 5.41) is 19.4.